The van der Waals surface area contributed by atoms with Gasteiger partial charge in [-0.05, 0) is 48.0 Å². The molecule has 0 radical (unpaired) electrons. The average Bonchev–Trinajstić information content (AvgIpc) is 2.85. The summed E-state index contributed by atoms with van der Waals surface area (Å²) in [5, 5.41) is 5.53. The van der Waals surface area contributed by atoms with Crippen molar-refractivity contribution in [2.75, 3.05) is 36.8 Å². The minimum Gasteiger partial charge on any atom is -0.326 e. The molecule has 35 heavy (non-hydrogen) atoms. The van der Waals surface area contributed by atoms with E-state index in [2.05, 4.69) is 15.5 Å². The minimum atomic E-state index is -3.47. The predicted molar refractivity (Wildman–Crippen MR) is 136 cm³/mol. The van der Waals surface area contributed by atoms with Crippen molar-refractivity contribution in [3.05, 3.63) is 90.0 Å². The molecule has 0 unspecified atom stereocenters. The number of hydrogen-bond acceptors (Lipinski definition) is 5. The van der Waals surface area contributed by atoms with Crippen LogP contribution >= 0.6 is 0 Å². The Morgan fingerprint density at radius 2 is 1.43 bits per heavy atom. The predicted octanol–water partition coefficient (Wildman–Crippen LogP) is 3.40. The smallest absolute Gasteiger partial charge is 0.255 e. The number of rotatable bonds is 7. The van der Waals surface area contributed by atoms with E-state index in [-0.39, 0.29) is 11.8 Å². The van der Waals surface area contributed by atoms with E-state index in [9.17, 15) is 18.0 Å². The van der Waals surface area contributed by atoms with Gasteiger partial charge in [-0.3, -0.25) is 14.5 Å². The van der Waals surface area contributed by atoms with Gasteiger partial charge in [0, 0.05) is 56.6 Å². The van der Waals surface area contributed by atoms with Gasteiger partial charge in [0.25, 0.3) is 5.91 Å². The van der Waals surface area contributed by atoms with Gasteiger partial charge in [-0.25, -0.2) is 8.42 Å². The average molecular weight is 493 g/mol. The molecule has 0 spiro atoms. The van der Waals surface area contributed by atoms with Crippen LogP contribution in [0.3, 0.4) is 0 Å². The number of benzene rings is 3. The number of nitrogens with zero attached hydrogens (tertiary/aromatic N) is 2. The molecule has 0 bridgehead atoms. The minimum absolute atomic E-state index is 0.178. The summed E-state index contributed by atoms with van der Waals surface area (Å²) in [4.78, 5) is 26.4. The first-order valence-electron chi connectivity index (χ1n) is 11.4. The summed E-state index contributed by atoms with van der Waals surface area (Å²) in [7, 11) is -3.47. The second-order valence-corrected chi connectivity index (χ2v) is 10.3. The lowest BCUT2D eigenvalue weighted by Crippen LogP contribution is -2.48. The van der Waals surface area contributed by atoms with E-state index in [1.54, 1.807) is 66.7 Å². The first-order valence-corrected chi connectivity index (χ1v) is 12.8. The Balaban J connectivity index is 1.30. The summed E-state index contributed by atoms with van der Waals surface area (Å²) < 4.78 is 27.1. The van der Waals surface area contributed by atoms with E-state index >= 15 is 0 Å². The van der Waals surface area contributed by atoms with Gasteiger partial charge in [0.2, 0.25) is 15.9 Å². The van der Waals surface area contributed by atoms with Crippen LogP contribution in [-0.4, -0.2) is 55.6 Å². The Kier molecular flexibility index (Phi) is 7.60. The highest BCUT2D eigenvalue weighted by atomic mass is 32.2. The van der Waals surface area contributed by atoms with Crippen molar-refractivity contribution in [1.82, 2.24) is 9.21 Å². The highest BCUT2D eigenvalue weighted by molar-refractivity contribution is 7.89. The lowest BCUT2D eigenvalue weighted by atomic mass is 10.1. The second-order valence-electron chi connectivity index (χ2n) is 8.41. The number of nitrogens with one attached hydrogen (secondary N) is 2. The van der Waals surface area contributed by atoms with Gasteiger partial charge in [0.05, 0.1) is 4.90 Å². The standard InChI is InChI=1S/C26H28N4O4S/c1-20(31)27-23-6-5-7-24(18-23)28-26(32)22-12-10-21(11-13-22)19-29-14-16-30(17-15-29)35(33,34)25-8-3-2-4-9-25/h2-13,18H,14-17,19H2,1H3,(H,27,31)(H,28,32). The normalized spacial score (nSPS) is 14.9. The molecule has 1 heterocycles. The molecule has 3 aromatic carbocycles. The van der Waals surface area contributed by atoms with Gasteiger partial charge in [-0.15, -0.1) is 0 Å². The molecule has 4 rings (SSSR count). The van der Waals surface area contributed by atoms with Gasteiger partial charge >= 0.3 is 0 Å². The lowest BCUT2D eigenvalue weighted by molar-refractivity contribution is -0.114. The molecule has 1 fully saturated rings. The van der Waals surface area contributed by atoms with Crippen molar-refractivity contribution in [2.24, 2.45) is 0 Å². The SMILES string of the molecule is CC(=O)Nc1cccc(NC(=O)c2ccc(CN3CCN(S(=O)(=O)c4ccccc4)CC3)cc2)c1. The summed E-state index contributed by atoms with van der Waals surface area (Å²) in [5.41, 5.74) is 2.78. The van der Waals surface area contributed by atoms with E-state index < -0.39 is 10.0 Å². The van der Waals surface area contributed by atoms with Gasteiger partial charge in [-0.2, -0.15) is 4.31 Å². The van der Waals surface area contributed by atoms with Crippen molar-refractivity contribution in [3.8, 4) is 0 Å². The molecule has 3 aromatic rings. The highest BCUT2D eigenvalue weighted by Crippen LogP contribution is 2.19. The zero-order valence-electron chi connectivity index (χ0n) is 19.5. The van der Waals surface area contributed by atoms with Gasteiger partial charge in [0.1, 0.15) is 0 Å². The largest absolute Gasteiger partial charge is 0.326 e. The van der Waals surface area contributed by atoms with Crippen molar-refractivity contribution in [2.45, 2.75) is 18.4 Å². The summed E-state index contributed by atoms with van der Waals surface area (Å²) in [6, 6.07) is 22.9. The van der Waals surface area contributed by atoms with Gasteiger partial charge in [0.15, 0.2) is 0 Å². The zero-order valence-corrected chi connectivity index (χ0v) is 20.3. The molecule has 0 aromatic heterocycles. The number of carbonyl (C=O) groups excluding carboxylic acids is 2. The van der Waals surface area contributed by atoms with Crippen LogP contribution in [0.15, 0.2) is 83.8 Å². The molecular formula is C26H28N4O4S. The number of amides is 2. The van der Waals surface area contributed by atoms with E-state index in [1.807, 2.05) is 12.1 Å². The van der Waals surface area contributed by atoms with Crippen molar-refractivity contribution in [3.63, 3.8) is 0 Å². The highest BCUT2D eigenvalue weighted by Gasteiger charge is 2.28. The molecule has 0 saturated carbocycles. The fourth-order valence-electron chi connectivity index (χ4n) is 3.97. The van der Waals surface area contributed by atoms with E-state index in [1.165, 1.54) is 11.2 Å². The molecule has 182 valence electrons. The van der Waals surface area contributed by atoms with E-state index in [0.717, 1.165) is 5.56 Å². The molecular weight excluding hydrogens is 464 g/mol. The van der Waals surface area contributed by atoms with E-state index in [4.69, 9.17) is 0 Å². The van der Waals surface area contributed by atoms with Crippen LogP contribution in [0.2, 0.25) is 0 Å². The zero-order chi connectivity index (χ0) is 24.8. The van der Waals surface area contributed by atoms with Gasteiger partial charge in [-0.1, -0.05) is 36.4 Å². The first kappa shape index (κ1) is 24.6. The molecule has 1 aliphatic heterocycles. The Hall–Kier alpha value is -3.53. The number of sulfonamides is 1. The molecule has 0 aliphatic carbocycles. The Labute approximate surface area is 205 Å². The molecule has 8 nitrogen and oxygen atoms in total. The van der Waals surface area contributed by atoms with Crippen LogP contribution in [0.25, 0.3) is 0 Å². The number of piperazine rings is 1. The van der Waals surface area contributed by atoms with E-state index in [0.29, 0.717) is 54.6 Å². The third kappa shape index (κ3) is 6.33. The van der Waals surface area contributed by atoms with Crippen LogP contribution in [0.5, 0.6) is 0 Å². The summed E-state index contributed by atoms with van der Waals surface area (Å²) in [6.45, 7) is 4.27. The molecule has 1 saturated heterocycles. The second kappa shape index (κ2) is 10.8. The Bertz CT molecular complexity index is 1290. The maximum Gasteiger partial charge on any atom is 0.255 e. The number of anilines is 2. The van der Waals surface area contributed by atoms with Crippen molar-refractivity contribution in [1.29, 1.82) is 0 Å². The molecule has 2 amide bonds. The molecule has 1 aliphatic rings. The molecule has 9 heteroatoms. The maximum absolute atomic E-state index is 12.8. The lowest BCUT2D eigenvalue weighted by Gasteiger charge is -2.34. The number of hydrogen-bond donors (Lipinski definition) is 2. The van der Waals surface area contributed by atoms with Crippen LogP contribution in [0.4, 0.5) is 11.4 Å². The summed E-state index contributed by atoms with van der Waals surface area (Å²) in [6.07, 6.45) is 0. The van der Waals surface area contributed by atoms with Crippen LogP contribution in [-0.2, 0) is 21.4 Å². The molecule has 2 N–H and O–H groups in total. The third-order valence-corrected chi connectivity index (χ3v) is 7.69. The quantitative estimate of drug-likeness (QED) is 0.527. The monoisotopic (exact) mass is 492 g/mol. The fourth-order valence-corrected chi connectivity index (χ4v) is 5.41. The summed E-state index contributed by atoms with van der Waals surface area (Å²) >= 11 is 0. The van der Waals surface area contributed by atoms with Crippen molar-refractivity contribution >= 4 is 33.2 Å². The van der Waals surface area contributed by atoms with Gasteiger partial charge < -0.3 is 10.6 Å². The van der Waals surface area contributed by atoms with Crippen LogP contribution in [0.1, 0.15) is 22.8 Å². The maximum atomic E-state index is 12.8. The topological polar surface area (TPSA) is 98.8 Å². The van der Waals surface area contributed by atoms with Crippen LogP contribution in [0, 0.1) is 0 Å². The fraction of sp³-hybridized carbons (Fsp3) is 0.231. The van der Waals surface area contributed by atoms with Crippen LogP contribution < -0.4 is 10.6 Å². The number of carbonyl (C=O) groups is 2. The Morgan fingerprint density at radius 1 is 0.800 bits per heavy atom. The molecule has 0 atom stereocenters. The summed E-state index contributed by atoms with van der Waals surface area (Å²) in [5.74, 6) is -0.417. The third-order valence-electron chi connectivity index (χ3n) is 5.78. The van der Waals surface area contributed by atoms with Crippen molar-refractivity contribution < 1.29 is 18.0 Å². The Morgan fingerprint density at radius 3 is 2.06 bits per heavy atom. The first-order chi connectivity index (χ1) is 16.8.